The summed E-state index contributed by atoms with van der Waals surface area (Å²) in [5, 5.41) is 3.68. The molecule has 2 unspecified atom stereocenters. The topological polar surface area (TPSA) is 33.7 Å². The molecule has 0 aromatic carbocycles. The van der Waals surface area contributed by atoms with Crippen molar-refractivity contribution in [2.75, 3.05) is 53.1 Å². The molecule has 2 aliphatic rings. The summed E-state index contributed by atoms with van der Waals surface area (Å²) < 4.78 is 11.4. The zero-order valence-electron chi connectivity index (χ0n) is 13.3. The maximum atomic E-state index is 5.72. The molecule has 0 radical (unpaired) electrons. The molecule has 1 N–H and O–H groups in total. The van der Waals surface area contributed by atoms with Gasteiger partial charge in [0, 0.05) is 38.3 Å². The third-order valence-corrected chi connectivity index (χ3v) is 4.34. The molecule has 0 amide bonds. The summed E-state index contributed by atoms with van der Waals surface area (Å²) in [7, 11) is 2.20. The van der Waals surface area contributed by atoms with E-state index in [4.69, 9.17) is 9.47 Å². The van der Waals surface area contributed by atoms with Crippen LogP contribution in [-0.2, 0) is 9.47 Å². The summed E-state index contributed by atoms with van der Waals surface area (Å²) in [5.41, 5.74) is 0. The number of hydrogen-bond acceptors (Lipinski definition) is 4. The Morgan fingerprint density at radius 1 is 1.30 bits per heavy atom. The molecule has 2 rings (SSSR count). The molecule has 1 saturated heterocycles. The predicted octanol–water partition coefficient (Wildman–Crippen LogP) is 1.75. The Morgan fingerprint density at radius 2 is 2.15 bits per heavy atom. The second-order valence-electron chi connectivity index (χ2n) is 6.46. The summed E-state index contributed by atoms with van der Waals surface area (Å²) >= 11 is 0. The Labute approximate surface area is 124 Å². The Morgan fingerprint density at radius 3 is 2.90 bits per heavy atom. The average Bonchev–Trinajstić information content (AvgIpc) is 3.27. The van der Waals surface area contributed by atoms with Crippen molar-refractivity contribution in [2.45, 2.75) is 38.6 Å². The van der Waals surface area contributed by atoms with Crippen LogP contribution < -0.4 is 5.32 Å². The first-order valence-corrected chi connectivity index (χ1v) is 8.37. The minimum Gasteiger partial charge on any atom is -0.381 e. The van der Waals surface area contributed by atoms with Crippen LogP contribution in [0.15, 0.2) is 0 Å². The van der Waals surface area contributed by atoms with Gasteiger partial charge < -0.3 is 19.7 Å². The van der Waals surface area contributed by atoms with E-state index in [0.29, 0.717) is 12.0 Å². The number of nitrogens with zero attached hydrogens (tertiary/aromatic N) is 1. The van der Waals surface area contributed by atoms with Gasteiger partial charge in [-0.25, -0.2) is 0 Å². The fraction of sp³-hybridized carbons (Fsp3) is 1.00. The molecule has 0 spiro atoms. The van der Waals surface area contributed by atoms with E-state index in [-0.39, 0.29) is 0 Å². The molecule has 20 heavy (non-hydrogen) atoms. The zero-order chi connectivity index (χ0) is 14.2. The lowest BCUT2D eigenvalue weighted by molar-refractivity contribution is 0.0154. The number of ether oxygens (including phenoxy) is 2. The summed E-state index contributed by atoms with van der Waals surface area (Å²) in [5.74, 6) is 1.48. The maximum Gasteiger partial charge on any atom is 0.0593 e. The van der Waals surface area contributed by atoms with Crippen molar-refractivity contribution < 1.29 is 9.47 Å². The van der Waals surface area contributed by atoms with Crippen molar-refractivity contribution in [3.05, 3.63) is 0 Å². The number of likely N-dealkylation sites (N-methyl/N-ethyl adjacent to an activating group) is 1. The van der Waals surface area contributed by atoms with Gasteiger partial charge in [-0.1, -0.05) is 6.92 Å². The molecule has 118 valence electrons. The van der Waals surface area contributed by atoms with Gasteiger partial charge in [0.1, 0.15) is 0 Å². The summed E-state index contributed by atoms with van der Waals surface area (Å²) in [6, 6.07) is 0.624. The number of rotatable bonds is 10. The van der Waals surface area contributed by atoms with Crippen molar-refractivity contribution in [3.63, 3.8) is 0 Å². The molecule has 0 aromatic heterocycles. The second-order valence-corrected chi connectivity index (χ2v) is 6.46. The SMILES string of the molecule is CCCNC1CCOCC1CN(C)CCOCC1CC1. The Balaban J connectivity index is 1.60. The molecule has 4 nitrogen and oxygen atoms in total. The molecule has 2 fully saturated rings. The largest absolute Gasteiger partial charge is 0.381 e. The highest BCUT2D eigenvalue weighted by atomic mass is 16.5. The first kappa shape index (κ1) is 16.2. The highest BCUT2D eigenvalue weighted by Crippen LogP contribution is 2.28. The second kappa shape index (κ2) is 8.98. The van der Waals surface area contributed by atoms with Crippen molar-refractivity contribution in [1.29, 1.82) is 0 Å². The lowest BCUT2D eigenvalue weighted by Gasteiger charge is -2.35. The van der Waals surface area contributed by atoms with E-state index in [2.05, 4.69) is 24.2 Å². The van der Waals surface area contributed by atoms with Gasteiger partial charge in [0.15, 0.2) is 0 Å². The van der Waals surface area contributed by atoms with Gasteiger partial charge >= 0.3 is 0 Å². The van der Waals surface area contributed by atoms with Crippen LogP contribution in [0.5, 0.6) is 0 Å². The van der Waals surface area contributed by atoms with Crippen LogP contribution in [0.25, 0.3) is 0 Å². The highest BCUT2D eigenvalue weighted by Gasteiger charge is 2.26. The van der Waals surface area contributed by atoms with Gasteiger partial charge in [-0.2, -0.15) is 0 Å². The summed E-state index contributed by atoms with van der Waals surface area (Å²) in [6.45, 7) is 9.13. The van der Waals surface area contributed by atoms with E-state index in [1.807, 2.05) is 0 Å². The highest BCUT2D eigenvalue weighted by molar-refractivity contribution is 4.81. The van der Waals surface area contributed by atoms with E-state index < -0.39 is 0 Å². The molecular weight excluding hydrogens is 252 g/mol. The van der Waals surface area contributed by atoms with Crippen LogP contribution in [0.3, 0.4) is 0 Å². The molecule has 1 saturated carbocycles. The normalized spacial score (nSPS) is 27.1. The molecule has 0 aromatic rings. The van der Waals surface area contributed by atoms with Gasteiger partial charge in [0.2, 0.25) is 0 Å². The quantitative estimate of drug-likeness (QED) is 0.620. The van der Waals surface area contributed by atoms with Crippen LogP contribution in [0.1, 0.15) is 32.6 Å². The zero-order valence-corrected chi connectivity index (χ0v) is 13.3. The van der Waals surface area contributed by atoms with Gasteiger partial charge in [-0.15, -0.1) is 0 Å². The van der Waals surface area contributed by atoms with Gasteiger partial charge in [0.25, 0.3) is 0 Å². The minimum absolute atomic E-state index is 0.615. The first-order valence-electron chi connectivity index (χ1n) is 8.37. The first-order chi connectivity index (χ1) is 9.79. The molecule has 1 heterocycles. The molecule has 4 heteroatoms. The Bertz CT molecular complexity index is 259. The van der Waals surface area contributed by atoms with Crippen molar-refractivity contribution in [3.8, 4) is 0 Å². The predicted molar refractivity (Wildman–Crippen MR) is 82.0 cm³/mol. The van der Waals surface area contributed by atoms with Crippen LogP contribution in [0.2, 0.25) is 0 Å². The van der Waals surface area contributed by atoms with Crippen LogP contribution in [0.4, 0.5) is 0 Å². The fourth-order valence-corrected chi connectivity index (χ4v) is 2.82. The Kier molecular flexibility index (Phi) is 7.28. The van der Waals surface area contributed by atoms with E-state index in [9.17, 15) is 0 Å². The van der Waals surface area contributed by atoms with Crippen LogP contribution >= 0.6 is 0 Å². The van der Waals surface area contributed by atoms with E-state index >= 15 is 0 Å². The molecule has 1 aliphatic heterocycles. The average molecular weight is 284 g/mol. The monoisotopic (exact) mass is 284 g/mol. The summed E-state index contributed by atoms with van der Waals surface area (Å²) in [6.07, 6.45) is 5.10. The van der Waals surface area contributed by atoms with E-state index in [0.717, 1.165) is 58.4 Å². The van der Waals surface area contributed by atoms with Crippen molar-refractivity contribution >= 4 is 0 Å². The van der Waals surface area contributed by atoms with Gasteiger partial charge in [-0.05, 0) is 45.2 Å². The van der Waals surface area contributed by atoms with Crippen LogP contribution in [-0.4, -0.2) is 64.1 Å². The van der Waals surface area contributed by atoms with E-state index in [1.165, 1.54) is 19.3 Å². The smallest absolute Gasteiger partial charge is 0.0593 e. The number of nitrogens with one attached hydrogen (secondary N) is 1. The molecule has 2 atom stereocenters. The lowest BCUT2D eigenvalue weighted by atomic mass is 9.95. The third kappa shape index (κ3) is 6.08. The standard InChI is InChI=1S/C16H32N2O2/c1-3-7-17-16-6-9-19-13-15(16)11-18(2)8-10-20-12-14-4-5-14/h14-17H,3-13H2,1-2H3. The maximum absolute atomic E-state index is 5.72. The number of hydrogen-bond donors (Lipinski definition) is 1. The fourth-order valence-electron chi connectivity index (χ4n) is 2.82. The molecular formula is C16H32N2O2. The molecule has 0 bridgehead atoms. The van der Waals surface area contributed by atoms with Crippen LogP contribution in [0, 0.1) is 11.8 Å². The van der Waals surface area contributed by atoms with Gasteiger partial charge in [-0.3, -0.25) is 0 Å². The Hall–Kier alpha value is -0.160. The van der Waals surface area contributed by atoms with E-state index in [1.54, 1.807) is 0 Å². The summed E-state index contributed by atoms with van der Waals surface area (Å²) in [4.78, 5) is 2.40. The van der Waals surface area contributed by atoms with Crippen molar-refractivity contribution in [1.82, 2.24) is 10.2 Å². The van der Waals surface area contributed by atoms with Crippen molar-refractivity contribution in [2.24, 2.45) is 11.8 Å². The molecule has 1 aliphatic carbocycles. The van der Waals surface area contributed by atoms with Gasteiger partial charge in [0.05, 0.1) is 13.2 Å². The lowest BCUT2D eigenvalue weighted by Crippen LogP contribution is -2.47. The minimum atomic E-state index is 0.615. The third-order valence-electron chi connectivity index (χ3n) is 4.34.